The van der Waals surface area contributed by atoms with Crippen molar-refractivity contribution in [2.75, 3.05) is 6.61 Å². The highest BCUT2D eigenvalue weighted by Gasteiger charge is 2.35. The largest absolute Gasteiger partial charge is 0.478 e. The predicted molar refractivity (Wildman–Crippen MR) is 178 cm³/mol. The van der Waals surface area contributed by atoms with Crippen LogP contribution in [0.4, 0.5) is 0 Å². The lowest BCUT2D eigenvalue weighted by molar-refractivity contribution is -0.138. The molecule has 0 bridgehead atoms. The van der Waals surface area contributed by atoms with Gasteiger partial charge in [0.25, 0.3) is 5.56 Å². The van der Waals surface area contributed by atoms with Crippen LogP contribution in [0.2, 0.25) is 5.02 Å². The Balaban J connectivity index is 1.52. The van der Waals surface area contributed by atoms with Crippen molar-refractivity contribution in [1.29, 1.82) is 0 Å². The fourth-order valence-electron chi connectivity index (χ4n) is 5.38. The van der Waals surface area contributed by atoms with Crippen molar-refractivity contribution in [1.82, 2.24) is 4.57 Å². The van der Waals surface area contributed by atoms with E-state index < -0.39 is 18.0 Å². The number of hydrogen-bond acceptors (Lipinski definition) is 7. The molecule has 46 heavy (non-hydrogen) atoms. The number of aromatic nitrogens is 1. The second kappa shape index (κ2) is 12.8. The molecule has 1 N–H and O–H groups in total. The quantitative estimate of drug-likeness (QED) is 0.188. The lowest BCUT2D eigenvalue weighted by Crippen LogP contribution is -2.40. The van der Waals surface area contributed by atoms with Crippen LogP contribution in [0.1, 0.15) is 65.5 Å². The third kappa shape index (κ3) is 5.87. The summed E-state index contributed by atoms with van der Waals surface area (Å²) in [6, 6.07) is 24.5. The minimum absolute atomic E-state index is 0.0104. The van der Waals surface area contributed by atoms with Crippen LogP contribution in [0.25, 0.3) is 23.1 Å². The zero-order valence-corrected chi connectivity index (χ0v) is 26.8. The van der Waals surface area contributed by atoms with Crippen LogP contribution in [0.5, 0.6) is 0 Å². The van der Waals surface area contributed by atoms with Gasteiger partial charge in [-0.1, -0.05) is 97.4 Å². The molecule has 0 fully saturated rings. The molecule has 232 valence electrons. The van der Waals surface area contributed by atoms with Gasteiger partial charge >= 0.3 is 11.9 Å². The van der Waals surface area contributed by atoms with Crippen molar-refractivity contribution < 1.29 is 23.8 Å². The number of nitrogens with zero attached hydrogens (tertiary/aromatic N) is 2. The molecule has 3 aromatic carbocycles. The van der Waals surface area contributed by atoms with Crippen LogP contribution >= 0.6 is 22.9 Å². The van der Waals surface area contributed by atoms with Gasteiger partial charge in [0.05, 0.1) is 39.0 Å². The van der Waals surface area contributed by atoms with Crippen LogP contribution in [0.3, 0.4) is 0 Å². The summed E-state index contributed by atoms with van der Waals surface area (Å²) in [5.74, 6) is -0.495. The molecular weight excluding hydrogens is 624 g/mol. The molecule has 1 aliphatic heterocycles. The molecule has 0 radical (unpaired) electrons. The van der Waals surface area contributed by atoms with E-state index in [0.29, 0.717) is 38.0 Å². The number of rotatable bonds is 8. The number of halogens is 1. The lowest BCUT2D eigenvalue weighted by Gasteiger charge is -2.26. The Morgan fingerprint density at radius 1 is 1.04 bits per heavy atom. The Hall–Kier alpha value is -4.99. The minimum atomic E-state index is -1.12. The molecule has 0 amide bonds. The molecule has 1 aliphatic rings. The van der Waals surface area contributed by atoms with Crippen LogP contribution in [0, 0.1) is 0 Å². The maximum absolute atomic E-state index is 14.2. The van der Waals surface area contributed by atoms with E-state index in [1.54, 1.807) is 35.8 Å². The Labute approximate surface area is 273 Å². The fraction of sp³-hybridized carbons (Fsp3) is 0.167. The van der Waals surface area contributed by atoms with Gasteiger partial charge in [0.15, 0.2) is 4.80 Å². The zero-order valence-electron chi connectivity index (χ0n) is 25.2. The highest BCUT2D eigenvalue weighted by atomic mass is 35.5. The first kappa shape index (κ1) is 31.0. The van der Waals surface area contributed by atoms with Gasteiger partial charge in [-0.15, -0.1) is 0 Å². The van der Waals surface area contributed by atoms with E-state index in [2.05, 4.69) is 13.8 Å². The van der Waals surface area contributed by atoms with Crippen molar-refractivity contribution in [3.05, 3.63) is 143 Å². The van der Waals surface area contributed by atoms with Gasteiger partial charge in [-0.25, -0.2) is 14.6 Å². The summed E-state index contributed by atoms with van der Waals surface area (Å²) in [4.78, 5) is 44.5. The van der Waals surface area contributed by atoms with Crippen molar-refractivity contribution in [2.45, 2.75) is 32.7 Å². The average molecular weight is 653 g/mol. The van der Waals surface area contributed by atoms with Gasteiger partial charge < -0.3 is 14.3 Å². The third-order valence-corrected chi connectivity index (χ3v) is 8.97. The monoisotopic (exact) mass is 652 g/mol. The maximum atomic E-state index is 14.2. The lowest BCUT2D eigenvalue weighted by atomic mass is 9.91. The van der Waals surface area contributed by atoms with Gasteiger partial charge in [-0.05, 0) is 48.2 Å². The zero-order chi connectivity index (χ0) is 32.5. The topological polar surface area (TPSA) is 111 Å². The van der Waals surface area contributed by atoms with Crippen molar-refractivity contribution in [3.8, 4) is 11.3 Å². The number of carbonyl (C=O) groups excluding carboxylic acids is 1. The van der Waals surface area contributed by atoms with Gasteiger partial charge in [0, 0.05) is 17.2 Å². The van der Waals surface area contributed by atoms with Crippen LogP contribution in [-0.2, 0) is 9.53 Å². The van der Waals surface area contributed by atoms with E-state index in [-0.39, 0.29) is 28.3 Å². The SMILES string of the molecule is CCOC(=O)C1=C(c2ccccc2)N=c2s/c(=C\c3ccc(-c4ccc(C(=O)O)c(Cl)c4)o3)c(=O)n2[C@H]1c1ccc(C(C)C)cc1. The van der Waals surface area contributed by atoms with Gasteiger partial charge in [0.2, 0.25) is 0 Å². The van der Waals surface area contributed by atoms with Crippen LogP contribution in [-0.4, -0.2) is 28.2 Å². The molecule has 5 aromatic rings. The molecule has 1 atom stereocenters. The minimum Gasteiger partial charge on any atom is -0.478 e. The van der Waals surface area contributed by atoms with E-state index in [9.17, 15) is 19.5 Å². The molecule has 0 unspecified atom stereocenters. The smallest absolute Gasteiger partial charge is 0.338 e. The van der Waals surface area contributed by atoms with E-state index in [1.807, 2.05) is 54.6 Å². The number of carboxylic acid groups (broad SMARTS) is 1. The summed E-state index contributed by atoms with van der Waals surface area (Å²) in [5, 5.41) is 9.38. The molecule has 6 rings (SSSR count). The summed E-state index contributed by atoms with van der Waals surface area (Å²) in [6.07, 6.45) is 1.63. The number of ether oxygens (including phenoxy) is 1. The number of aromatic carboxylic acids is 1. The molecule has 10 heteroatoms. The number of benzene rings is 3. The summed E-state index contributed by atoms with van der Waals surface area (Å²) in [6.45, 7) is 6.12. The molecular formula is C36H29ClN2O6S. The van der Waals surface area contributed by atoms with Crippen LogP contribution < -0.4 is 14.9 Å². The van der Waals surface area contributed by atoms with E-state index >= 15 is 0 Å². The summed E-state index contributed by atoms with van der Waals surface area (Å²) in [7, 11) is 0. The number of carboxylic acids is 1. The number of esters is 1. The molecule has 0 spiro atoms. The van der Waals surface area contributed by atoms with Crippen molar-refractivity contribution >= 4 is 46.6 Å². The molecule has 0 saturated heterocycles. The summed E-state index contributed by atoms with van der Waals surface area (Å²) in [5.41, 5.74) is 3.60. The maximum Gasteiger partial charge on any atom is 0.338 e. The van der Waals surface area contributed by atoms with Gasteiger partial charge in [0.1, 0.15) is 11.5 Å². The van der Waals surface area contributed by atoms with Gasteiger partial charge in [-0.2, -0.15) is 0 Å². The fourth-order valence-corrected chi connectivity index (χ4v) is 6.62. The number of thiazole rings is 1. The first-order valence-corrected chi connectivity index (χ1v) is 15.9. The van der Waals surface area contributed by atoms with E-state index in [0.717, 1.165) is 16.7 Å². The molecule has 3 heterocycles. The summed E-state index contributed by atoms with van der Waals surface area (Å²) >= 11 is 7.36. The average Bonchev–Trinajstić information content (AvgIpc) is 3.64. The number of furan rings is 1. The van der Waals surface area contributed by atoms with Crippen LogP contribution in [0.15, 0.2) is 105 Å². The second-order valence-electron chi connectivity index (χ2n) is 11.0. The summed E-state index contributed by atoms with van der Waals surface area (Å²) < 4.78 is 13.5. The Kier molecular flexibility index (Phi) is 8.62. The number of hydrogen-bond donors (Lipinski definition) is 1. The Morgan fingerprint density at radius 3 is 2.43 bits per heavy atom. The molecule has 8 nitrogen and oxygen atoms in total. The first-order valence-electron chi connectivity index (χ1n) is 14.7. The van der Waals surface area contributed by atoms with E-state index in [4.69, 9.17) is 25.7 Å². The standard InChI is InChI=1S/C36H29ClN2O6S/c1-4-44-35(43)30-31(22-8-6-5-7-9-22)38-36-39(32(30)23-12-10-21(11-13-23)20(2)3)33(40)29(46-36)19-25-15-17-28(45-25)24-14-16-26(34(41)42)27(37)18-24/h5-20,32H,4H2,1-3H3,(H,41,42)/b29-19-/t32-/m0/s1. The highest BCUT2D eigenvalue weighted by molar-refractivity contribution is 7.07. The Morgan fingerprint density at radius 2 is 1.78 bits per heavy atom. The van der Waals surface area contributed by atoms with Crippen molar-refractivity contribution in [3.63, 3.8) is 0 Å². The number of carbonyl (C=O) groups is 2. The molecule has 2 aromatic heterocycles. The highest BCUT2D eigenvalue weighted by Crippen LogP contribution is 2.36. The van der Waals surface area contributed by atoms with Crippen molar-refractivity contribution in [2.24, 2.45) is 4.99 Å². The third-order valence-electron chi connectivity index (χ3n) is 7.68. The molecule has 0 aliphatic carbocycles. The normalized spacial score (nSPS) is 14.7. The second-order valence-corrected chi connectivity index (χ2v) is 12.4. The Bertz CT molecular complexity index is 2180. The first-order chi connectivity index (χ1) is 22.2. The predicted octanol–water partition coefficient (Wildman–Crippen LogP) is 6.67. The number of fused-ring (bicyclic) bond motifs is 1. The molecule has 0 saturated carbocycles. The van der Waals surface area contributed by atoms with E-state index in [1.165, 1.54) is 23.5 Å². The van der Waals surface area contributed by atoms with Gasteiger partial charge in [-0.3, -0.25) is 9.36 Å².